The summed E-state index contributed by atoms with van der Waals surface area (Å²) in [5.41, 5.74) is 7.28. The molecule has 58 heavy (non-hydrogen) atoms. The third-order valence-electron chi connectivity index (χ3n) is 12.3. The van der Waals surface area contributed by atoms with Crippen molar-refractivity contribution in [1.82, 2.24) is 9.13 Å². The number of rotatable bonds is 6. The van der Waals surface area contributed by atoms with E-state index in [9.17, 15) is 0 Å². The zero-order valence-electron chi connectivity index (χ0n) is 31.6. The Morgan fingerprint density at radius 1 is 0.328 bits per heavy atom. The van der Waals surface area contributed by atoms with Crippen LogP contribution in [0.2, 0.25) is 0 Å². The average molecular weight is 773 g/mol. The lowest BCUT2D eigenvalue weighted by Gasteiger charge is -2.35. The standard InChI is InChI=1S/C54H36N2SSi/c1-4-17-37(18-5-1)56-47-27-13-10-23-42(47)44-26-16-30-51(53(44)56)58(39-19-6-2-7-20-39,40-21-8-3-9-22-40)41-33-31-38(32-34-41)55-48-28-14-11-25-46(48)52-49(55)36-35-45-43-24-12-15-29-50(43)57-54(45)52/h1-36H. The van der Waals surface area contributed by atoms with Gasteiger partial charge in [0.25, 0.3) is 0 Å². The lowest BCUT2D eigenvalue weighted by atomic mass is 10.1. The molecule has 3 heterocycles. The summed E-state index contributed by atoms with van der Waals surface area (Å²) >= 11 is 1.91. The van der Waals surface area contributed by atoms with Crippen molar-refractivity contribution in [3.05, 3.63) is 218 Å². The summed E-state index contributed by atoms with van der Waals surface area (Å²) < 4.78 is 7.66. The van der Waals surface area contributed by atoms with Crippen molar-refractivity contribution in [2.75, 3.05) is 0 Å². The van der Waals surface area contributed by atoms with Crippen LogP contribution in [0.5, 0.6) is 0 Å². The first-order valence-corrected chi connectivity index (χ1v) is 22.8. The van der Waals surface area contributed by atoms with Crippen LogP contribution in [0.3, 0.4) is 0 Å². The Balaban J connectivity index is 1.16. The number of hydrogen-bond acceptors (Lipinski definition) is 1. The van der Waals surface area contributed by atoms with Gasteiger partial charge >= 0.3 is 0 Å². The quantitative estimate of drug-likeness (QED) is 0.118. The Bertz CT molecular complexity index is 3450. The van der Waals surface area contributed by atoms with Gasteiger partial charge in [0.2, 0.25) is 0 Å². The Kier molecular flexibility index (Phi) is 7.46. The van der Waals surface area contributed by atoms with Crippen molar-refractivity contribution in [3.8, 4) is 11.4 Å². The zero-order valence-corrected chi connectivity index (χ0v) is 33.4. The van der Waals surface area contributed by atoms with E-state index in [0.29, 0.717) is 0 Å². The molecule has 0 radical (unpaired) electrons. The predicted molar refractivity (Wildman–Crippen MR) is 252 cm³/mol. The highest BCUT2D eigenvalue weighted by atomic mass is 32.1. The Morgan fingerprint density at radius 3 is 1.57 bits per heavy atom. The molecular formula is C54H36N2SSi. The van der Waals surface area contributed by atoms with E-state index in [0.717, 1.165) is 5.69 Å². The van der Waals surface area contributed by atoms with E-state index in [4.69, 9.17) is 0 Å². The van der Waals surface area contributed by atoms with E-state index < -0.39 is 8.07 Å². The maximum Gasteiger partial charge on any atom is 0.181 e. The van der Waals surface area contributed by atoms with E-state index in [1.165, 1.54) is 90.2 Å². The van der Waals surface area contributed by atoms with Gasteiger partial charge in [-0.15, -0.1) is 11.3 Å². The minimum absolute atomic E-state index is 1.16. The molecule has 12 aromatic rings. The fourth-order valence-corrected chi connectivity index (χ4v) is 16.1. The topological polar surface area (TPSA) is 9.86 Å². The lowest BCUT2D eigenvalue weighted by molar-refractivity contribution is 1.18. The maximum atomic E-state index is 2.51. The summed E-state index contributed by atoms with van der Waals surface area (Å²) in [4.78, 5) is 0. The second-order valence-electron chi connectivity index (χ2n) is 15.2. The maximum absolute atomic E-state index is 2.99. The third-order valence-corrected chi connectivity index (χ3v) is 18.3. The van der Waals surface area contributed by atoms with Crippen molar-refractivity contribution in [2.45, 2.75) is 0 Å². The van der Waals surface area contributed by atoms with Crippen LogP contribution < -0.4 is 20.7 Å². The number of thiophene rings is 1. The van der Waals surface area contributed by atoms with Crippen LogP contribution in [-0.4, -0.2) is 17.2 Å². The monoisotopic (exact) mass is 772 g/mol. The SMILES string of the molecule is c1ccc(-n2c3ccccc3c3cccc([Si](c4ccccc4)(c4ccccc4)c4ccc(-n5c6ccccc6c6c7sc8ccccc8c7ccc65)cc4)c32)cc1. The first kappa shape index (κ1) is 33.2. The first-order valence-electron chi connectivity index (χ1n) is 19.9. The predicted octanol–water partition coefficient (Wildman–Crippen LogP) is 11.6. The molecule has 0 fully saturated rings. The van der Waals surface area contributed by atoms with Gasteiger partial charge in [-0.1, -0.05) is 170 Å². The highest BCUT2D eigenvalue weighted by Crippen LogP contribution is 2.43. The van der Waals surface area contributed by atoms with E-state index in [1.54, 1.807) is 0 Å². The minimum Gasteiger partial charge on any atom is -0.309 e. The van der Waals surface area contributed by atoms with Gasteiger partial charge in [0, 0.05) is 53.1 Å². The highest BCUT2D eigenvalue weighted by Gasteiger charge is 2.43. The fourth-order valence-electron chi connectivity index (χ4n) is 9.88. The van der Waals surface area contributed by atoms with Crippen molar-refractivity contribution in [2.24, 2.45) is 0 Å². The molecule has 0 bridgehead atoms. The first-order chi connectivity index (χ1) is 28.8. The van der Waals surface area contributed by atoms with Gasteiger partial charge in [-0.05, 0) is 69.3 Å². The van der Waals surface area contributed by atoms with Crippen LogP contribution in [-0.2, 0) is 0 Å². The molecule has 3 aromatic heterocycles. The van der Waals surface area contributed by atoms with E-state index >= 15 is 0 Å². The fraction of sp³-hybridized carbons (Fsp3) is 0. The molecule has 2 nitrogen and oxygen atoms in total. The second-order valence-corrected chi connectivity index (χ2v) is 20.0. The van der Waals surface area contributed by atoms with Crippen molar-refractivity contribution >= 4 is 104 Å². The Labute approximate surface area is 341 Å². The van der Waals surface area contributed by atoms with E-state index in [-0.39, 0.29) is 0 Å². The number of para-hydroxylation sites is 4. The van der Waals surface area contributed by atoms with Crippen LogP contribution in [0.25, 0.3) is 75.2 Å². The number of hydrogen-bond donors (Lipinski definition) is 0. The van der Waals surface area contributed by atoms with Crippen LogP contribution in [0, 0.1) is 0 Å². The Hall–Kier alpha value is -6.98. The van der Waals surface area contributed by atoms with Crippen LogP contribution >= 0.6 is 11.3 Å². The largest absolute Gasteiger partial charge is 0.309 e. The van der Waals surface area contributed by atoms with Crippen LogP contribution in [0.4, 0.5) is 0 Å². The molecule has 0 spiro atoms. The van der Waals surface area contributed by atoms with Gasteiger partial charge in [-0.25, -0.2) is 0 Å². The van der Waals surface area contributed by atoms with Crippen molar-refractivity contribution in [1.29, 1.82) is 0 Å². The van der Waals surface area contributed by atoms with E-state index in [1.807, 2.05) is 11.3 Å². The molecule has 0 atom stereocenters. The second kappa shape index (κ2) is 13.0. The zero-order chi connectivity index (χ0) is 38.2. The van der Waals surface area contributed by atoms with Crippen molar-refractivity contribution in [3.63, 3.8) is 0 Å². The highest BCUT2D eigenvalue weighted by molar-refractivity contribution is 7.26. The number of nitrogens with zero attached hydrogens (tertiary/aromatic N) is 2. The van der Waals surface area contributed by atoms with Crippen molar-refractivity contribution < 1.29 is 0 Å². The summed E-state index contributed by atoms with van der Waals surface area (Å²) in [5, 5.41) is 13.2. The normalized spacial score (nSPS) is 12.1. The van der Waals surface area contributed by atoms with Gasteiger partial charge in [-0.3, -0.25) is 0 Å². The summed E-state index contributed by atoms with van der Waals surface area (Å²) in [5.74, 6) is 0. The van der Waals surface area contributed by atoms with Crippen LogP contribution in [0.15, 0.2) is 218 Å². The van der Waals surface area contributed by atoms with Gasteiger partial charge in [0.15, 0.2) is 8.07 Å². The number of fused-ring (bicyclic) bond motifs is 10. The molecule has 0 N–H and O–H groups in total. The molecule has 0 amide bonds. The molecule has 12 rings (SSSR count). The number of benzene rings is 9. The average Bonchev–Trinajstić information content (AvgIpc) is 3.96. The molecule has 0 saturated carbocycles. The summed E-state index contributed by atoms with van der Waals surface area (Å²) in [6.45, 7) is 0. The summed E-state index contributed by atoms with van der Waals surface area (Å²) in [6, 6.07) is 81.4. The van der Waals surface area contributed by atoms with Gasteiger partial charge in [-0.2, -0.15) is 0 Å². The summed E-state index contributed by atoms with van der Waals surface area (Å²) in [7, 11) is -2.99. The molecule has 0 aliphatic rings. The molecule has 272 valence electrons. The van der Waals surface area contributed by atoms with Gasteiger partial charge < -0.3 is 9.13 Å². The molecule has 9 aromatic carbocycles. The molecule has 0 aliphatic carbocycles. The van der Waals surface area contributed by atoms with E-state index in [2.05, 4.69) is 228 Å². The van der Waals surface area contributed by atoms with Gasteiger partial charge in [0.1, 0.15) is 0 Å². The number of aromatic nitrogens is 2. The molecule has 0 unspecified atom stereocenters. The minimum atomic E-state index is -2.99. The lowest BCUT2D eigenvalue weighted by Crippen LogP contribution is -2.75. The molecule has 4 heteroatoms. The smallest absolute Gasteiger partial charge is 0.181 e. The third kappa shape index (κ3) is 4.70. The Morgan fingerprint density at radius 2 is 0.862 bits per heavy atom. The van der Waals surface area contributed by atoms with Crippen LogP contribution in [0.1, 0.15) is 0 Å². The molecular weight excluding hydrogens is 737 g/mol. The molecule has 0 aliphatic heterocycles. The molecule has 0 saturated heterocycles. The van der Waals surface area contributed by atoms with Gasteiger partial charge in [0.05, 0.1) is 22.1 Å². The summed E-state index contributed by atoms with van der Waals surface area (Å²) in [6.07, 6.45) is 0.